The van der Waals surface area contributed by atoms with Gasteiger partial charge in [0, 0.05) is 6.04 Å². The quantitative estimate of drug-likeness (QED) is 0.469. The van der Waals surface area contributed by atoms with E-state index < -0.39 is 0 Å². The molecule has 0 radical (unpaired) electrons. The lowest BCUT2D eigenvalue weighted by molar-refractivity contribution is -0.124. The summed E-state index contributed by atoms with van der Waals surface area (Å²) in [5, 5.41) is 3.58. The van der Waals surface area contributed by atoms with Gasteiger partial charge in [0.05, 0.1) is 7.11 Å². The highest BCUT2D eigenvalue weighted by Gasteiger charge is 2.36. The number of hydrogen-bond donors (Lipinski definition) is 1. The van der Waals surface area contributed by atoms with Gasteiger partial charge in [0.25, 0.3) is 5.91 Å². The number of rotatable bonds is 6. The smallest absolute Gasteiger partial charge is 0.276 e. The molecule has 0 bridgehead atoms. The van der Waals surface area contributed by atoms with Crippen LogP contribution >= 0.6 is 12.2 Å². The van der Waals surface area contributed by atoms with Crippen LogP contribution < -0.4 is 14.8 Å². The SMILES string of the molecule is C=CCOc1ccc(/C=C2\NC(=S)N(C3CCCCC3)C2=O)cc1OC. The number of nitrogens with one attached hydrogen (secondary N) is 1. The van der Waals surface area contributed by atoms with Crippen molar-refractivity contribution in [2.45, 2.75) is 38.1 Å². The Morgan fingerprint density at radius 2 is 2.08 bits per heavy atom. The van der Waals surface area contributed by atoms with Crippen molar-refractivity contribution in [3.63, 3.8) is 0 Å². The molecule has 3 rings (SSSR count). The third kappa shape index (κ3) is 3.90. The van der Waals surface area contributed by atoms with Crippen LogP contribution in [0.3, 0.4) is 0 Å². The first-order valence-corrected chi connectivity index (χ1v) is 9.33. The second-order valence-electron chi connectivity index (χ2n) is 6.47. The standard InChI is InChI=1S/C20H24N2O3S/c1-3-11-25-17-10-9-14(13-18(17)24-2)12-16-19(23)22(20(26)21-16)15-7-5-4-6-8-15/h3,9-10,12-13,15H,1,4-8,11H2,2H3,(H,21,26)/b16-12-. The Balaban J connectivity index is 1.80. The molecule has 1 amide bonds. The number of thiocarbonyl (C=S) groups is 1. The van der Waals surface area contributed by atoms with Gasteiger partial charge in [-0.3, -0.25) is 9.69 Å². The molecule has 1 aromatic rings. The lowest BCUT2D eigenvalue weighted by atomic mass is 9.94. The third-order valence-electron chi connectivity index (χ3n) is 4.70. The number of methoxy groups -OCH3 is 1. The average molecular weight is 372 g/mol. The van der Waals surface area contributed by atoms with Crippen molar-refractivity contribution in [2.75, 3.05) is 13.7 Å². The molecule has 138 valence electrons. The number of nitrogens with zero attached hydrogens (tertiary/aromatic N) is 1. The minimum Gasteiger partial charge on any atom is -0.493 e. The van der Waals surface area contributed by atoms with Crippen LogP contribution in [0.4, 0.5) is 0 Å². The van der Waals surface area contributed by atoms with E-state index in [2.05, 4.69) is 11.9 Å². The number of carbonyl (C=O) groups excluding carboxylic acids is 1. The highest BCUT2D eigenvalue weighted by atomic mass is 32.1. The molecule has 1 heterocycles. The summed E-state index contributed by atoms with van der Waals surface area (Å²) in [6.45, 7) is 4.04. The van der Waals surface area contributed by atoms with E-state index in [4.69, 9.17) is 21.7 Å². The number of ether oxygens (including phenoxy) is 2. The highest BCUT2D eigenvalue weighted by molar-refractivity contribution is 7.80. The second-order valence-corrected chi connectivity index (χ2v) is 6.85. The molecule has 1 aromatic carbocycles. The first kappa shape index (κ1) is 18.5. The Morgan fingerprint density at radius 1 is 1.31 bits per heavy atom. The van der Waals surface area contributed by atoms with Gasteiger partial charge in [-0.25, -0.2) is 0 Å². The van der Waals surface area contributed by atoms with Crippen LogP contribution in [0.15, 0.2) is 36.6 Å². The van der Waals surface area contributed by atoms with Gasteiger partial charge in [-0.15, -0.1) is 0 Å². The number of carbonyl (C=O) groups is 1. The van der Waals surface area contributed by atoms with Crippen LogP contribution in [0.2, 0.25) is 0 Å². The van der Waals surface area contributed by atoms with Crippen LogP contribution in [-0.4, -0.2) is 35.7 Å². The van der Waals surface area contributed by atoms with Crippen LogP contribution in [0.1, 0.15) is 37.7 Å². The van der Waals surface area contributed by atoms with Gasteiger partial charge in [-0.1, -0.05) is 38.0 Å². The molecule has 2 aliphatic rings. The predicted molar refractivity (Wildman–Crippen MR) is 106 cm³/mol. The number of hydrogen-bond acceptors (Lipinski definition) is 4. The van der Waals surface area contributed by atoms with E-state index in [1.165, 1.54) is 6.42 Å². The number of benzene rings is 1. The van der Waals surface area contributed by atoms with Crippen LogP contribution in [0.5, 0.6) is 11.5 Å². The first-order valence-electron chi connectivity index (χ1n) is 8.92. The fraction of sp³-hybridized carbons (Fsp3) is 0.400. The number of amides is 1. The molecule has 0 spiro atoms. The van der Waals surface area contributed by atoms with Crippen molar-refractivity contribution in [1.82, 2.24) is 10.2 Å². The zero-order valence-corrected chi connectivity index (χ0v) is 15.8. The fourth-order valence-electron chi connectivity index (χ4n) is 3.43. The van der Waals surface area contributed by atoms with Gasteiger partial charge >= 0.3 is 0 Å². The molecular formula is C20H24N2O3S. The maximum atomic E-state index is 12.8. The van der Waals surface area contributed by atoms with E-state index in [-0.39, 0.29) is 11.9 Å². The van der Waals surface area contributed by atoms with E-state index in [1.807, 2.05) is 18.2 Å². The average Bonchev–Trinajstić information content (AvgIpc) is 2.94. The Bertz CT molecular complexity index is 739. The van der Waals surface area contributed by atoms with E-state index in [1.54, 1.807) is 24.2 Å². The second kappa shape index (κ2) is 8.36. The molecule has 2 fully saturated rings. The maximum Gasteiger partial charge on any atom is 0.276 e. The molecule has 6 heteroatoms. The van der Waals surface area contributed by atoms with E-state index in [9.17, 15) is 4.79 Å². The van der Waals surface area contributed by atoms with Crippen molar-refractivity contribution in [1.29, 1.82) is 0 Å². The summed E-state index contributed by atoms with van der Waals surface area (Å²) in [4.78, 5) is 14.6. The molecule has 5 nitrogen and oxygen atoms in total. The summed E-state index contributed by atoms with van der Waals surface area (Å²) in [6.07, 6.45) is 9.06. The van der Waals surface area contributed by atoms with E-state index in [0.29, 0.717) is 28.9 Å². The largest absolute Gasteiger partial charge is 0.493 e. The Hall–Kier alpha value is -2.34. The van der Waals surface area contributed by atoms with Crippen molar-refractivity contribution in [3.8, 4) is 11.5 Å². The molecule has 1 N–H and O–H groups in total. The molecule has 26 heavy (non-hydrogen) atoms. The molecule has 0 atom stereocenters. The topological polar surface area (TPSA) is 50.8 Å². The monoisotopic (exact) mass is 372 g/mol. The zero-order chi connectivity index (χ0) is 18.5. The molecule has 1 aliphatic heterocycles. The Morgan fingerprint density at radius 3 is 2.77 bits per heavy atom. The normalized spacial score (nSPS) is 19.6. The Labute approximate surface area is 159 Å². The minimum atomic E-state index is -0.0483. The zero-order valence-electron chi connectivity index (χ0n) is 15.0. The summed E-state index contributed by atoms with van der Waals surface area (Å²) in [5.41, 5.74) is 1.35. The predicted octanol–water partition coefficient (Wildman–Crippen LogP) is 3.65. The molecule has 1 saturated heterocycles. The molecule has 1 aliphatic carbocycles. The third-order valence-corrected chi connectivity index (χ3v) is 5.00. The van der Waals surface area contributed by atoms with Crippen molar-refractivity contribution < 1.29 is 14.3 Å². The molecule has 0 unspecified atom stereocenters. The van der Waals surface area contributed by atoms with Crippen LogP contribution in [0.25, 0.3) is 6.08 Å². The van der Waals surface area contributed by atoms with Crippen molar-refractivity contribution in [3.05, 3.63) is 42.1 Å². The highest BCUT2D eigenvalue weighted by Crippen LogP contribution is 2.30. The molecular weight excluding hydrogens is 348 g/mol. The summed E-state index contributed by atoms with van der Waals surface area (Å²) < 4.78 is 10.9. The molecule has 0 aromatic heterocycles. The van der Waals surface area contributed by atoms with Gasteiger partial charge < -0.3 is 14.8 Å². The van der Waals surface area contributed by atoms with Gasteiger partial charge in [-0.2, -0.15) is 0 Å². The van der Waals surface area contributed by atoms with Crippen molar-refractivity contribution in [2.24, 2.45) is 0 Å². The lowest BCUT2D eigenvalue weighted by Gasteiger charge is -2.29. The van der Waals surface area contributed by atoms with Crippen LogP contribution in [0, 0.1) is 0 Å². The van der Waals surface area contributed by atoms with E-state index in [0.717, 1.165) is 31.2 Å². The summed E-state index contributed by atoms with van der Waals surface area (Å²) in [5.74, 6) is 1.20. The van der Waals surface area contributed by atoms with Gasteiger partial charge in [0.15, 0.2) is 16.6 Å². The van der Waals surface area contributed by atoms with Crippen molar-refractivity contribution >= 4 is 29.3 Å². The lowest BCUT2D eigenvalue weighted by Crippen LogP contribution is -2.41. The van der Waals surface area contributed by atoms with E-state index >= 15 is 0 Å². The summed E-state index contributed by atoms with van der Waals surface area (Å²) in [6, 6.07) is 5.76. The van der Waals surface area contributed by atoms with Gasteiger partial charge in [0.2, 0.25) is 0 Å². The summed E-state index contributed by atoms with van der Waals surface area (Å²) >= 11 is 5.41. The Kier molecular flexibility index (Phi) is 5.93. The summed E-state index contributed by atoms with van der Waals surface area (Å²) in [7, 11) is 1.59. The minimum absolute atomic E-state index is 0.0483. The maximum absolute atomic E-state index is 12.8. The fourth-order valence-corrected chi connectivity index (χ4v) is 3.77. The van der Waals surface area contributed by atoms with Gasteiger partial charge in [-0.05, 0) is 48.8 Å². The first-order chi connectivity index (χ1) is 12.6. The van der Waals surface area contributed by atoms with Crippen LogP contribution in [-0.2, 0) is 4.79 Å². The van der Waals surface area contributed by atoms with Gasteiger partial charge in [0.1, 0.15) is 12.3 Å². The molecule has 1 saturated carbocycles.